The normalized spacial score (nSPS) is 16.9. The second kappa shape index (κ2) is 11.3. The summed E-state index contributed by atoms with van der Waals surface area (Å²) in [4.78, 5) is 6.79. The standard InChI is InChI=1S/C21H39N3O3S/c1-5-6-11-24-20(16-23-12-9-19(10-13-23)17-27-4)15-22-21(24)28(25,26)14-7-8-18(2)3/h15,18-19H,5-14,16-17H2,1-4H3. The van der Waals surface area contributed by atoms with Gasteiger partial charge in [0.15, 0.2) is 0 Å². The van der Waals surface area contributed by atoms with Crippen molar-refractivity contribution in [2.45, 2.75) is 77.5 Å². The quantitative estimate of drug-likeness (QED) is 0.522. The molecule has 0 N–H and O–H groups in total. The number of methoxy groups -OCH3 is 1. The average molecular weight is 414 g/mol. The lowest BCUT2D eigenvalue weighted by Crippen LogP contribution is -2.35. The van der Waals surface area contributed by atoms with E-state index in [0.29, 0.717) is 18.3 Å². The summed E-state index contributed by atoms with van der Waals surface area (Å²) in [6.45, 7) is 10.8. The molecule has 6 nitrogen and oxygen atoms in total. The van der Waals surface area contributed by atoms with Crippen LogP contribution < -0.4 is 0 Å². The molecule has 162 valence electrons. The Bertz CT molecular complexity index is 677. The number of hydrogen-bond acceptors (Lipinski definition) is 5. The topological polar surface area (TPSA) is 64.4 Å². The Morgan fingerprint density at radius 2 is 1.96 bits per heavy atom. The van der Waals surface area contributed by atoms with E-state index in [0.717, 1.165) is 70.6 Å². The fraction of sp³-hybridized carbons (Fsp3) is 0.857. The summed E-state index contributed by atoms with van der Waals surface area (Å²) in [5, 5.41) is 0.272. The van der Waals surface area contributed by atoms with Crippen LogP contribution in [0.15, 0.2) is 11.4 Å². The molecule has 0 bridgehead atoms. The van der Waals surface area contributed by atoms with E-state index < -0.39 is 9.84 Å². The molecule has 1 fully saturated rings. The van der Waals surface area contributed by atoms with E-state index in [-0.39, 0.29) is 10.9 Å². The van der Waals surface area contributed by atoms with Crippen LogP contribution in [0.1, 0.15) is 65.0 Å². The van der Waals surface area contributed by atoms with Gasteiger partial charge >= 0.3 is 0 Å². The van der Waals surface area contributed by atoms with Crippen LogP contribution in [0.5, 0.6) is 0 Å². The first-order chi connectivity index (χ1) is 13.4. The first kappa shape index (κ1) is 23.4. The molecule has 0 aliphatic carbocycles. The van der Waals surface area contributed by atoms with E-state index >= 15 is 0 Å². The number of nitrogens with zero attached hydrogens (tertiary/aromatic N) is 3. The fourth-order valence-electron chi connectivity index (χ4n) is 3.87. The van der Waals surface area contributed by atoms with Crippen molar-refractivity contribution >= 4 is 9.84 Å². The van der Waals surface area contributed by atoms with E-state index in [4.69, 9.17) is 4.74 Å². The van der Waals surface area contributed by atoms with Crippen molar-refractivity contribution in [3.05, 3.63) is 11.9 Å². The second-order valence-corrected chi connectivity index (χ2v) is 10.6. The van der Waals surface area contributed by atoms with E-state index in [1.165, 1.54) is 0 Å². The Hall–Kier alpha value is -0.920. The molecule has 7 heteroatoms. The molecule has 1 aliphatic rings. The van der Waals surface area contributed by atoms with Gasteiger partial charge in [0.1, 0.15) is 0 Å². The van der Waals surface area contributed by atoms with Crippen molar-refractivity contribution < 1.29 is 13.2 Å². The summed E-state index contributed by atoms with van der Waals surface area (Å²) in [5.74, 6) is 1.35. The Kier molecular flexibility index (Phi) is 9.44. The van der Waals surface area contributed by atoms with Gasteiger partial charge in [-0.15, -0.1) is 0 Å². The highest BCUT2D eigenvalue weighted by Gasteiger charge is 2.25. The van der Waals surface area contributed by atoms with Gasteiger partial charge in [0.2, 0.25) is 15.0 Å². The zero-order chi connectivity index (χ0) is 20.6. The van der Waals surface area contributed by atoms with Crippen LogP contribution >= 0.6 is 0 Å². The SMILES string of the molecule is CCCCn1c(CN2CCC(COC)CC2)cnc1S(=O)(=O)CCCC(C)C. The van der Waals surface area contributed by atoms with Gasteiger partial charge in [-0.25, -0.2) is 13.4 Å². The van der Waals surface area contributed by atoms with Gasteiger partial charge < -0.3 is 9.30 Å². The van der Waals surface area contributed by atoms with Gasteiger partial charge in [-0.3, -0.25) is 4.90 Å². The van der Waals surface area contributed by atoms with Crippen LogP contribution in [0.2, 0.25) is 0 Å². The summed E-state index contributed by atoms with van der Waals surface area (Å²) in [5.41, 5.74) is 1.03. The van der Waals surface area contributed by atoms with Gasteiger partial charge in [-0.2, -0.15) is 0 Å². The van der Waals surface area contributed by atoms with Crippen LogP contribution in [0.25, 0.3) is 0 Å². The minimum atomic E-state index is -3.34. The zero-order valence-electron chi connectivity index (χ0n) is 18.2. The monoisotopic (exact) mass is 413 g/mol. The van der Waals surface area contributed by atoms with Crippen molar-refractivity contribution in [3.8, 4) is 0 Å². The van der Waals surface area contributed by atoms with Gasteiger partial charge in [0.05, 0.1) is 17.6 Å². The Morgan fingerprint density at radius 1 is 1.25 bits per heavy atom. The summed E-state index contributed by atoms with van der Waals surface area (Å²) >= 11 is 0. The lowest BCUT2D eigenvalue weighted by atomic mass is 9.98. The molecular formula is C21H39N3O3S. The molecule has 1 aromatic heterocycles. The minimum absolute atomic E-state index is 0.191. The number of rotatable bonds is 12. The predicted molar refractivity (Wildman–Crippen MR) is 113 cm³/mol. The Balaban J connectivity index is 2.08. The number of likely N-dealkylation sites (tertiary alicyclic amines) is 1. The maximum atomic E-state index is 12.9. The molecular weight excluding hydrogens is 374 g/mol. The summed E-state index contributed by atoms with van der Waals surface area (Å²) in [6, 6.07) is 0. The first-order valence-electron chi connectivity index (χ1n) is 10.9. The molecule has 0 radical (unpaired) electrons. The minimum Gasteiger partial charge on any atom is -0.384 e. The van der Waals surface area contributed by atoms with E-state index in [9.17, 15) is 8.42 Å². The number of piperidine rings is 1. The Labute approximate surface area is 171 Å². The van der Waals surface area contributed by atoms with Crippen LogP contribution in [0.4, 0.5) is 0 Å². The van der Waals surface area contributed by atoms with Crippen molar-refractivity contribution in [3.63, 3.8) is 0 Å². The summed E-state index contributed by atoms with van der Waals surface area (Å²) in [7, 11) is -1.57. The van der Waals surface area contributed by atoms with Gasteiger partial charge in [0, 0.05) is 26.8 Å². The molecule has 0 saturated carbocycles. The van der Waals surface area contributed by atoms with Crippen LogP contribution in [0.3, 0.4) is 0 Å². The maximum absolute atomic E-state index is 12.9. The predicted octanol–water partition coefficient (Wildman–Crippen LogP) is 3.75. The van der Waals surface area contributed by atoms with Crippen LogP contribution in [-0.4, -0.2) is 55.4 Å². The molecule has 2 rings (SSSR count). The highest BCUT2D eigenvalue weighted by Crippen LogP contribution is 2.22. The number of sulfone groups is 1. The highest BCUT2D eigenvalue weighted by atomic mass is 32.2. The summed E-state index contributed by atoms with van der Waals surface area (Å²) < 4.78 is 33.1. The molecule has 1 aliphatic heterocycles. The van der Waals surface area contributed by atoms with Crippen LogP contribution in [0, 0.1) is 11.8 Å². The fourth-order valence-corrected chi connectivity index (χ4v) is 5.36. The molecule has 0 spiro atoms. The third kappa shape index (κ3) is 6.85. The maximum Gasteiger partial charge on any atom is 0.227 e. The van der Waals surface area contributed by atoms with Crippen LogP contribution in [-0.2, 0) is 27.7 Å². The number of aromatic nitrogens is 2. The van der Waals surface area contributed by atoms with Crippen molar-refractivity contribution in [1.29, 1.82) is 0 Å². The number of unbranched alkanes of at least 4 members (excludes halogenated alkanes) is 1. The van der Waals surface area contributed by atoms with Crippen molar-refractivity contribution in [1.82, 2.24) is 14.5 Å². The smallest absolute Gasteiger partial charge is 0.227 e. The van der Waals surface area contributed by atoms with E-state index in [2.05, 4.69) is 30.7 Å². The number of ether oxygens (including phenoxy) is 1. The van der Waals surface area contributed by atoms with E-state index in [1.54, 1.807) is 13.3 Å². The molecule has 0 amide bonds. The third-order valence-electron chi connectivity index (χ3n) is 5.60. The third-order valence-corrected chi connectivity index (χ3v) is 7.31. The lowest BCUT2D eigenvalue weighted by Gasteiger charge is -2.31. The lowest BCUT2D eigenvalue weighted by molar-refractivity contribution is 0.0957. The largest absolute Gasteiger partial charge is 0.384 e. The molecule has 0 aromatic carbocycles. The molecule has 1 saturated heterocycles. The van der Waals surface area contributed by atoms with Gasteiger partial charge in [-0.1, -0.05) is 27.2 Å². The average Bonchev–Trinajstić information content (AvgIpc) is 3.04. The Morgan fingerprint density at radius 3 is 2.57 bits per heavy atom. The molecule has 0 unspecified atom stereocenters. The first-order valence-corrected chi connectivity index (χ1v) is 12.5. The number of imidazole rings is 1. The van der Waals surface area contributed by atoms with E-state index in [1.807, 2.05) is 4.57 Å². The molecule has 1 aromatic rings. The number of hydrogen-bond donors (Lipinski definition) is 0. The van der Waals surface area contributed by atoms with Gasteiger partial charge in [0.25, 0.3) is 0 Å². The van der Waals surface area contributed by atoms with Gasteiger partial charge in [-0.05, 0) is 57.0 Å². The molecule has 2 heterocycles. The zero-order valence-corrected chi connectivity index (χ0v) is 19.0. The molecule has 0 atom stereocenters. The van der Waals surface area contributed by atoms with Crippen molar-refractivity contribution in [2.75, 3.05) is 32.6 Å². The molecule has 28 heavy (non-hydrogen) atoms. The summed E-state index contributed by atoms with van der Waals surface area (Å²) in [6.07, 6.45) is 7.68. The second-order valence-electron chi connectivity index (χ2n) is 8.57. The van der Waals surface area contributed by atoms with Crippen molar-refractivity contribution in [2.24, 2.45) is 11.8 Å². The highest BCUT2D eigenvalue weighted by molar-refractivity contribution is 7.91.